The average Bonchev–Trinajstić information content (AvgIpc) is 2.51. The number of hydrogen-bond acceptors (Lipinski definition) is 2. The van der Waals surface area contributed by atoms with Crippen molar-refractivity contribution in [3.8, 4) is 0 Å². The maximum Gasteiger partial charge on any atom is 0.0595 e. The lowest BCUT2D eigenvalue weighted by Crippen LogP contribution is -2.38. The smallest absolute Gasteiger partial charge is 0.0595 e. The van der Waals surface area contributed by atoms with Crippen molar-refractivity contribution in [2.24, 2.45) is 5.73 Å². The van der Waals surface area contributed by atoms with E-state index < -0.39 is 0 Å². The van der Waals surface area contributed by atoms with Crippen molar-refractivity contribution in [2.45, 2.75) is 19.0 Å². The third kappa shape index (κ3) is 3.09. The number of hydrogen-bond donors (Lipinski definition) is 1. The van der Waals surface area contributed by atoms with E-state index in [1.54, 1.807) is 0 Å². The summed E-state index contributed by atoms with van der Waals surface area (Å²) in [6, 6.07) is 14.7. The summed E-state index contributed by atoms with van der Waals surface area (Å²) in [6.07, 6.45) is 1.06. The molecule has 1 unspecified atom stereocenters. The normalized spacial score (nSPS) is 18.5. The molecule has 0 fully saturated rings. The lowest BCUT2D eigenvalue weighted by atomic mass is 9.92. The molecular weight excluding hydrogens is 303 g/mol. The van der Waals surface area contributed by atoms with E-state index in [-0.39, 0.29) is 6.04 Å². The van der Waals surface area contributed by atoms with Crippen molar-refractivity contribution in [3.05, 3.63) is 69.2 Å². The van der Waals surface area contributed by atoms with Crippen LogP contribution < -0.4 is 5.73 Å². The summed E-state index contributed by atoms with van der Waals surface area (Å²) in [5.41, 5.74) is 9.96. The summed E-state index contributed by atoms with van der Waals surface area (Å²) in [4.78, 5) is 2.42. The molecule has 0 aliphatic carbocycles. The molecule has 2 N–H and O–H groups in total. The molecule has 2 aromatic carbocycles. The number of rotatable bonds is 3. The largest absolute Gasteiger partial charge is 0.329 e. The molecule has 1 aliphatic heterocycles. The Morgan fingerprint density at radius 2 is 1.90 bits per heavy atom. The van der Waals surface area contributed by atoms with Crippen LogP contribution in [0.5, 0.6) is 0 Å². The molecule has 21 heavy (non-hydrogen) atoms. The highest BCUT2D eigenvalue weighted by Crippen LogP contribution is 2.31. The molecule has 0 amide bonds. The minimum Gasteiger partial charge on any atom is -0.329 e. The Bertz CT molecular complexity index is 642. The third-order valence-corrected chi connectivity index (χ3v) is 4.86. The van der Waals surface area contributed by atoms with Crippen LogP contribution in [0.25, 0.3) is 0 Å². The van der Waals surface area contributed by atoms with E-state index in [4.69, 9.17) is 28.9 Å². The van der Waals surface area contributed by atoms with Gasteiger partial charge in [0.1, 0.15) is 0 Å². The van der Waals surface area contributed by atoms with Crippen molar-refractivity contribution in [2.75, 3.05) is 13.1 Å². The predicted molar refractivity (Wildman–Crippen MR) is 88.8 cm³/mol. The highest BCUT2D eigenvalue weighted by atomic mass is 35.5. The molecule has 2 aromatic rings. The van der Waals surface area contributed by atoms with Gasteiger partial charge < -0.3 is 5.73 Å². The molecular formula is C17H18Cl2N2. The van der Waals surface area contributed by atoms with Gasteiger partial charge in [-0.05, 0) is 35.2 Å². The lowest BCUT2D eigenvalue weighted by molar-refractivity contribution is 0.181. The predicted octanol–water partition coefficient (Wildman–Crippen LogP) is 4.05. The summed E-state index contributed by atoms with van der Waals surface area (Å²) >= 11 is 12.1. The molecule has 0 aromatic heterocycles. The Morgan fingerprint density at radius 1 is 1.10 bits per heavy atom. The Balaban J connectivity index is 1.84. The molecule has 0 bridgehead atoms. The van der Waals surface area contributed by atoms with Crippen LogP contribution in [-0.2, 0) is 13.0 Å². The zero-order valence-electron chi connectivity index (χ0n) is 11.7. The molecule has 0 spiro atoms. The number of fused-ring (bicyclic) bond motifs is 1. The van der Waals surface area contributed by atoms with Gasteiger partial charge in [-0.1, -0.05) is 53.5 Å². The first-order chi connectivity index (χ1) is 10.2. The molecule has 1 aliphatic rings. The van der Waals surface area contributed by atoms with Crippen LogP contribution in [-0.4, -0.2) is 18.0 Å². The Morgan fingerprint density at radius 3 is 2.67 bits per heavy atom. The van der Waals surface area contributed by atoms with Crippen molar-refractivity contribution >= 4 is 23.2 Å². The first kappa shape index (κ1) is 14.9. The van der Waals surface area contributed by atoms with E-state index in [0.717, 1.165) is 19.5 Å². The van der Waals surface area contributed by atoms with E-state index in [1.165, 1.54) is 16.7 Å². The molecule has 1 heterocycles. The number of halogens is 2. The molecule has 110 valence electrons. The van der Waals surface area contributed by atoms with E-state index >= 15 is 0 Å². The number of nitrogens with two attached hydrogens (primary N) is 1. The SMILES string of the molecule is NCC1c2ccccc2CCN1Cc1ccc(Cl)c(Cl)c1. The first-order valence-electron chi connectivity index (χ1n) is 7.15. The number of nitrogens with zero attached hydrogens (tertiary/aromatic N) is 1. The van der Waals surface area contributed by atoms with Gasteiger partial charge in [-0.3, -0.25) is 4.90 Å². The second-order valence-corrected chi connectivity index (χ2v) is 6.23. The van der Waals surface area contributed by atoms with Gasteiger partial charge in [0.05, 0.1) is 10.0 Å². The van der Waals surface area contributed by atoms with Crippen molar-refractivity contribution in [3.63, 3.8) is 0 Å². The molecule has 2 nitrogen and oxygen atoms in total. The van der Waals surface area contributed by atoms with Gasteiger partial charge in [-0.2, -0.15) is 0 Å². The highest BCUT2D eigenvalue weighted by Gasteiger charge is 2.25. The summed E-state index contributed by atoms with van der Waals surface area (Å²) in [5.74, 6) is 0. The van der Waals surface area contributed by atoms with Crippen LogP contribution >= 0.6 is 23.2 Å². The second kappa shape index (κ2) is 6.37. The van der Waals surface area contributed by atoms with Crippen molar-refractivity contribution in [1.29, 1.82) is 0 Å². The lowest BCUT2D eigenvalue weighted by Gasteiger charge is -2.36. The van der Waals surface area contributed by atoms with Crippen LogP contribution in [0.1, 0.15) is 22.7 Å². The maximum absolute atomic E-state index is 6.11. The van der Waals surface area contributed by atoms with E-state index in [2.05, 4.69) is 29.2 Å². The van der Waals surface area contributed by atoms with Gasteiger partial charge in [0.2, 0.25) is 0 Å². The molecule has 0 radical (unpaired) electrons. The number of benzene rings is 2. The molecule has 0 saturated heterocycles. The van der Waals surface area contributed by atoms with Gasteiger partial charge in [-0.25, -0.2) is 0 Å². The van der Waals surface area contributed by atoms with Crippen molar-refractivity contribution in [1.82, 2.24) is 4.90 Å². The Kier molecular flexibility index (Phi) is 4.51. The monoisotopic (exact) mass is 320 g/mol. The quantitative estimate of drug-likeness (QED) is 0.924. The zero-order valence-corrected chi connectivity index (χ0v) is 13.2. The minimum atomic E-state index is 0.268. The first-order valence-corrected chi connectivity index (χ1v) is 7.90. The fourth-order valence-corrected chi connectivity index (χ4v) is 3.36. The van der Waals surface area contributed by atoms with Crippen LogP contribution in [0.15, 0.2) is 42.5 Å². The van der Waals surface area contributed by atoms with Gasteiger partial charge in [0.15, 0.2) is 0 Å². The molecule has 4 heteroatoms. The van der Waals surface area contributed by atoms with Gasteiger partial charge >= 0.3 is 0 Å². The van der Waals surface area contributed by atoms with E-state index in [0.29, 0.717) is 16.6 Å². The summed E-state index contributed by atoms with van der Waals surface area (Å²) in [5, 5.41) is 1.20. The fraction of sp³-hybridized carbons (Fsp3) is 0.294. The Labute approximate surface area is 135 Å². The molecule has 3 rings (SSSR count). The minimum absolute atomic E-state index is 0.268. The molecule has 0 saturated carbocycles. The van der Waals surface area contributed by atoms with E-state index in [9.17, 15) is 0 Å². The van der Waals surface area contributed by atoms with Gasteiger partial charge in [-0.15, -0.1) is 0 Å². The van der Waals surface area contributed by atoms with Crippen LogP contribution in [0.4, 0.5) is 0 Å². The zero-order chi connectivity index (χ0) is 14.8. The van der Waals surface area contributed by atoms with Crippen LogP contribution in [0.2, 0.25) is 10.0 Å². The third-order valence-electron chi connectivity index (χ3n) is 4.12. The van der Waals surface area contributed by atoms with Crippen LogP contribution in [0, 0.1) is 0 Å². The summed E-state index contributed by atoms with van der Waals surface area (Å²) < 4.78 is 0. The summed E-state index contributed by atoms with van der Waals surface area (Å²) in [7, 11) is 0. The Hall–Kier alpha value is -1.06. The van der Waals surface area contributed by atoms with Gasteiger partial charge in [0, 0.05) is 25.7 Å². The second-order valence-electron chi connectivity index (χ2n) is 5.42. The van der Waals surface area contributed by atoms with Crippen molar-refractivity contribution < 1.29 is 0 Å². The van der Waals surface area contributed by atoms with Gasteiger partial charge in [0.25, 0.3) is 0 Å². The average molecular weight is 321 g/mol. The standard InChI is InChI=1S/C17H18Cl2N2/c18-15-6-5-12(9-16(15)19)11-21-8-7-13-3-1-2-4-14(13)17(21)10-20/h1-6,9,17H,7-8,10-11,20H2. The maximum atomic E-state index is 6.11. The summed E-state index contributed by atoms with van der Waals surface area (Å²) in [6.45, 7) is 2.48. The fourth-order valence-electron chi connectivity index (χ4n) is 3.04. The highest BCUT2D eigenvalue weighted by molar-refractivity contribution is 6.42. The van der Waals surface area contributed by atoms with Crippen LogP contribution in [0.3, 0.4) is 0 Å². The molecule has 1 atom stereocenters. The topological polar surface area (TPSA) is 29.3 Å². The van der Waals surface area contributed by atoms with E-state index in [1.807, 2.05) is 18.2 Å².